The van der Waals surface area contributed by atoms with E-state index in [1.165, 1.54) is 4.88 Å². The zero-order chi connectivity index (χ0) is 17.3. The van der Waals surface area contributed by atoms with E-state index in [2.05, 4.69) is 21.0 Å². The Kier molecular flexibility index (Phi) is 5.07. The van der Waals surface area contributed by atoms with Gasteiger partial charge in [0.1, 0.15) is 5.69 Å². The van der Waals surface area contributed by atoms with Gasteiger partial charge in [0, 0.05) is 44.6 Å². The highest BCUT2D eigenvalue weighted by Crippen LogP contribution is 2.32. The molecule has 0 saturated carbocycles. The SMILES string of the molecule is CCc1nn(C)c(N2CCN(Cc3ccc(Cl)s3)CC2)c1[N+](=O)[O-]. The molecule has 0 amide bonds. The molecular formula is C15H20ClN5O2S. The Morgan fingerprint density at radius 2 is 2.04 bits per heavy atom. The Balaban J connectivity index is 1.70. The van der Waals surface area contributed by atoms with Crippen molar-refractivity contribution in [1.82, 2.24) is 14.7 Å². The van der Waals surface area contributed by atoms with E-state index < -0.39 is 0 Å². The van der Waals surface area contributed by atoms with Gasteiger partial charge < -0.3 is 4.90 Å². The first kappa shape index (κ1) is 17.2. The van der Waals surface area contributed by atoms with Gasteiger partial charge in [0.05, 0.1) is 9.26 Å². The van der Waals surface area contributed by atoms with Gasteiger partial charge >= 0.3 is 5.69 Å². The standard InChI is InChI=1S/C15H20ClN5O2S/c1-3-12-14(21(22)23)15(18(2)17-12)20-8-6-19(7-9-20)10-11-4-5-13(16)24-11/h4-5H,3,6-10H2,1-2H3. The lowest BCUT2D eigenvalue weighted by molar-refractivity contribution is -0.384. The number of nitro groups is 1. The maximum absolute atomic E-state index is 11.5. The molecule has 1 fully saturated rings. The first-order valence-corrected chi connectivity index (χ1v) is 9.10. The van der Waals surface area contributed by atoms with E-state index in [9.17, 15) is 10.1 Å². The third kappa shape index (κ3) is 3.40. The van der Waals surface area contributed by atoms with E-state index in [0.29, 0.717) is 17.9 Å². The molecule has 0 bridgehead atoms. The van der Waals surface area contributed by atoms with Crippen LogP contribution >= 0.6 is 22.9 Å². The van der Waals surface area contributed by atoms with Crippen molar-refractivity contribution < 1.29 is 4.92 Å². The summed E-state index contributed by atoms with van der Waals surface area (Å²) in [6.45, 7) is 5.99. The maximum Gasteiger partial charge on any atom is 0.334 e. The summed E-state index contributed by atoms with van der Waals surface area (Å²) < 4.78 is 2.45. The molecule has 7 nitrogen and oxygen atoms in total. The normalized spacial score (nSPS) is 15.9. The third-order valence-corrected chi connectivity index (χ3v) is 5.48. The van der Waals surface area contributed by atoms with Gasteiger partial charge in [-0.3, -0.25) is 15.0 Å². The minimum absolute atomic E-state index is 0.151. The van der Waals surface area contributed by atoms with Gasteiger partial charge in [0.2, 0.25) is 5.82 Å². The molecule has 3 heterocycles. The molecule has 9 heteroatoms. The number of thiophene rings is 1. The Morgan fingerprint density at radius 3 is 2.58 bits per heavy atom. The lowest BCUT2D eigenvalue weighted by Gasteiger charge is -2.35. The summed E-state index contributed by atoms with van der Waals surface area (Å²) in [7, 11) is 1.78. The van der Waals surface area contributed by atoms with Gasteiger partial charge in [-0.1, -0.05) is 18.5 Å². The van der Waals surface area contributed by atoms with Crippen molar-refractivity contribution >= 4 is 34.4 Å². The fourth-order valence-corrected chi connectivity index (χ4v) is 4.24. The van der Waals surface area contributed by atoms with Crippen LogP contribution in [-0.2, 0) is 20.0 Å². The van der Waals surface area contributed by atoms with E-state index in [1.54, 1.807) is 23.1 Å². The molecule has 1 aliphatic rings. The lowest BCUT2D eigenvalue weighted by Crippen LogP contribution is -2.46. The molecule has 0 atom stereocenters. The summed E-state index contributed by atoms with van der Waals surface area (Å²) in [5.74, 6) is 0.621. The second kappa shape index (κ2) is 7.08. The van der Waals surface area contributed by atoms with Crippen LogP contribution in [0.3, 0.4) is 0 Å². The number of anilines is 1. The van der Waals surface area contributed by atoms with Crippen LogP contribution in [0.5, 0.6) is 0 Å². The van der Waals surface area contributed by atoms with Crippen LogP contribution in [0.25, 0.3) is 0 Å². The number of hydrogen-bond acceptors (Lipinski definition) is 6. The van der Waals surface area contributed by atoms with Crippen LogP contribution in [0.15, 0.2) is 12.1 Å². The summed E-state index contributed by atoms with van der Waals surface area (Å²) in [4.78, 5) is 16.8. The smallest absolute Gasteiger partial charge is 0.334 e. The Morgan fingerprint density at radius 1 is 1.33 bits per heavy atom. The molecule has 0 aliphatic carbocycles. The molecule has 0 unspecified atom stereocenters. The van der Waals surface area contributed by atoms with Gasteiger partial charge in [0.25, 0.3) is 0 Å². The highest BCUT2D eigenvalue weighted by atomic mass is 35.5. The summed E-state index contributed by atoms with van der Waals surface area (Å²) in [6.07, 6.45) is 0.559. The van der Waals surface area contributed by atoms with Crippen molar-refractivity contribution in [1.29, 1.82) is 0 Å². The van der Waals surface area contributed by atoms with Crippen molar-refractivity contribution in [2.24, 2.45) is 7.05 Å². The molecule has 2 aromatic heterocycles. The average Bonchev–Trinajstić information content (AvgIpc) is 3.11. The Bertz CT molecular complexity index is 736. The zero-order valence-corrected chi connectivity index (χ0v) is 15.3. The first-order chi connectivity index (χ1) is 11.5. The predicted molar refractivity (Wildman–Crippen MR) is 96.1 cm³/mol. The topological polar surface area (TPSA) is 67.4 Å². The summed E-state index contributed by atoms with van der Waals surface area (Å²) in [6, 6.07) is 3.97. The van der Waals surface area contributed by atoms with Crippen molar-refractivity contribution in [3.63, 3.8) is 0 Å². The predicted octanol–water partition coefficient (Wildman–Crippen LogP) is 2.93. The Labute approximate surface area is 149 Å². The largest absolute Gasteiger partial charge is 0.349 e. The van der Waals surface area contributed by atoms with E-state index >= 15 is 0 Å². The molecule has 2 aromatic rings. The summed E-state index contributed by atoms with van der Waals surface area (Å²) in [5.41, 5.74) is 0.701. The zero-order valence-electron chi connectivity index (χ0n) is 13.7. The Hall–Kier alpha value is -1.64. The highest BCUT2D eigenvalue weighted by molar-refractivity contribution is 7.16. The van der Waals surface area contributed by atoms with E-state index in [1.807, 2.05) is 13.0 Å². The van der Waals surface area contributed by atoms with E-state index in [-0.39, 0.29) is 10.6 Å². The van der Waals surface area contributed by atoms with Crippen LogP contribution in [0.2, 0.25) is 4.34 Å². The van der Waals surface area contributed by atoms with Crippen molar-refractivity contribution in [3.05, 3.63) is 37.2 Å². The summed E-state index contributed by atoms with van der Waals surface area (Å²) >= 11 is 7.58. The molecule has 1 aliphatic heterocycles. The first-order valence-electron chi connectivity index (χ1n) is 7.91. The number of aromatic nitrogens is 2. The minimum atomic E-state index is -0.304. The molecule has 1 saturated heterocycles. The van der Waals surface area contributed by atoms with Gasteiger partial charge in [-0.25, -0.2) is 4.68 Å². The maximum atomic E-state index is 11.5. The molecule has 0 spiro atoms. The minimum Gasteiger partial charge on any atom is -0.349 e. The molecule has 0 N–H and O–H groups in total. The number of halogens is 1. The number of rotatable bonds is 5. The van der Waals surface area contributed by atoms with Crippen LogP contribution in [0.1, 0.15) is 17.5 Å². The number of hydrogen-bond donors (Lipinski definition) is 0. The van der Waals surface area contributed by atoms with Gasteiger partial charge in [-0.05, 0) is 18.6 Å². The van der Waals surface area contributed by atoms with Gasteiger partial charge in [-0.2, -0.15) is 5.10 Å². The number of nitrogens with zero attached hydrogens (tertiary/aromatic N) is 5. The lowest BCUT2D eigenvalue weighted by atomic mass is 10.2. The quantitative estimate of drug-likeness (QED) is 0.598. The third-order valence-electron chi connectivity index (χ3n) is 4.26. The van der Waals surface area contributed by atoms with Gasteiger partial charge in [0.15, 0.2) is 0 Å². The molecular weight excluding hydrogens is 350 g/mol. The molecule has 0 radical (unpaired) electrons. The van der Waals surface area contributed by atoms with E-state index in [0.717, 1.165) is 37.1 Å². The molecule has 3 rings (SSSR count). The number of piperazine rings is 1. The van der Waals surface area contributed by atoms with Crippen LogP contribution in [0, 0.1) is 10.1 Å². The molecule has 130 valence electrons. The van der Waals surface area contributed by atoms with Crippen molar-refractivity contribution in [3.8, 4) is 0 Å². The fourth-order valence-electron chi connectivity index (χ4n) is 3.11. The summed E-state index contributed by atoms with van der Waals surface area (Å²) in [5, 5.41) is 15.8. The van der Waals surface area contributed by atoms with Gasteiger partial charge in [-0.15, -0.1) is 11.3 Å². The second-order valence-electron chi connectivity index (χ2n) is 5.82. The van der Waals surface area contributed by atoms with Crippen molar-refractivity contribution in [2.75, 3.05) is 31.1 Å². The molecule has 0 aromatic carbocycles. The van der Waals surface area contributed by atoms with Crippen LogP contribution in [-0.4, -0.2) is 45.8 Å². The average molecular weight is 370 g/mol. The molecule has 24 heavy (non-hydrogen) atoms. The second-order valence-corrected chi connectivity index (χ2v) is 7.62. The monoisotopic (exact) mass is 369 g/mol. The van der Waals surface area contributed by atoms with Crippen LogP contribution < -0.4 is 4.90 Å². The van der Waals surface area contributed by atoms with Crippen molar-refractivity contribution in [2.45, 2.75) is 19.9 Å². The fraction of sp³-hybridized carbons (Fsp3) is 0.533. The highest BCUT2D eigenvalue weighted by Gasteiger charge is 2.31. The number of aryl methyl sites for hydroxylation is 2. The van der Waals surface area contributed by atoms with E-state index in [4.69, 9.17) is 11.6 Å². The van der Waals surface area contributed by atoms with Crippen LogP contribution in [0.4, 0.5) is 11.5 Å².